The van der Waals surface area contributed by atoms with Crippen LogP contribution in [0.1, 0.15) is 43.9 Å². The number of hydrogen-bond acceptors (Lipinski definition) is 2. The van der Waals surface area contributed by atoms with Crippen LogP contribution in [0.15, 0.2) is 12.3 Å². The van der Waals surface area contributed by atoms with Crippen molar-refractivity contribution in [1.29, 1.82) is 0 Å². The molecule has 1 aromatic rings. The molecule has 94 valence electrons. The van der Waals surface area contributed by atoms with Gasteiger partial charge < -0.3 is 4.74 Å². The molecule has 1 aliphatic rings. The van der Waals surface area contributed by atoms with Crippen LogP contribution in [0.25, 0.3) is 0 Å². The highest BCUT2D eigenvalue weighted by Gasteiger charge is 2.38. The summed E-state index contributed by atoms with van der Waals surface area (Å²) >= 11 is 0. The Morgan fingerprint density at radius 3 is 2.47 bits per heavy atom. The highest BCUT2D eigenvalue weighted by atomic mass is 19.4. The third-order valence-electron chi connectivity index (χ3n) is 2.59. The van der Waals surface area contributed by atoms with E-state index in [4.69, 9.17) is 4.74 Å². The van der Waals surface area contributed by atoms with Crippen LogP contribution in [0.3, 0.4) is 0 Å². The highest BCUT2D eigenvalue weighted by molar-refractivity contribution is 5.40. The van der Waals surface area contributed by atoms with E-state index in [-0.39, 0.29) is 17.8 Å². The summed E-state index contributed by atoms with van der Waals surface area (Å²) in [4.78, 5) is 4.01. The molecule has 0 aliphatic heterocycles. The monoisotopic (exact) mass is 245 g/mol. The van der Waals surface area contributed by atoms with Crippen molar-refractivity contribution in [1.82, 2.24) is 4.98 Å². The van der Waals surface area contributed by atoms with Crippen LogP contribution in [0, 0.1) is 0 Å². The van der Waals surface area contributed by atoms with Crippen molar-refractivity contribution in [3.8, 4) is 5.75 Å². The van der Waals surface area contributed by atoms with Gasteiger partial charge in [-0.15, -0.1) is 0 Å². The van der Waals surface area contributed by atoms with E-state index < -0.39 is 11.7 Å². The van der Waals surface area contributed by atoms with Crippen molar-refractivity contribution < 1.29 is 17.9 Å². The predicted octanol–water partition coefficient (Wildman–Crippen LogP) is 3.77. The van der Waals surface area contributed by atoms with E-state index in [1.165, 1.54) is 6.20 Å². The highest BCUT2D eigenvalue weighted by Crippen LogP contribution is 2.41. The summed E-state index contributed by atoms with van der Waals surface area (Å²) in [5.74, 6) is -0.177. The van der Waals surface area contributed by atoms with Gasteiger partial charge in [0.1, 0.15) is 5.56 Å². The molecular weight excluding hydrogens is 231 g/mol. The molecule has 1 heterocycles. The van der Waals surface area contributed by atoms with Crippen LogP contribution >= 0.6 is 0 Å². The van der Waals surface area contributed by atoms with Crippen molar-refractivity contribution in [2.24, 2.45) is 0 Å². The fourth-order valence-electron chi connectivity index (χ4n) is 1.58. The van der Waals surface area contributed by atoms with Crippen LogP contribution in [0.4, 0.5) is 13.2 Å². The average Bonchev–Trinajstić information content (AvgIpc) is 3.00. The zero-order chi connectivity index (χ0) is 12.6. The van der Waals surface area contributed by atoms with Gasteiger partial charge in [0.2, 0.25) is 0 Å². The molecule has 5 heteroatoms. The first kappa shape index (κ1) is 12.2. The van der Waals surface area contributed by atoms with Gasteiger partial charge in [0.15, 0.2) is 5.75 Å². The van der Waals surface area contributed by atoms with Gasteiger partial charge in [-0.2, -0.15) is 13.2 Å². The molecule has 2 nitrogen and oxygen atoms in total. The van der Waals surface area contributed by atoms with E-state index in [1.54, 1.807) is 0 Å². The van der Waals surface area contributed by atoms with E-state index in [2.05, 4.69) is 4.98 Å². The first-order chi connectivity index (χ1) is 7.89. The summed E-state index contributed by atoms with van der Waals surface area (Å²) in [6, 6.07) is 0.976. The smallest absolute Gasteiger partial charge is 0.420 e. The maximum Gasteiger partial charge on any atom is 0.420 e. The summed E-state index contributed by atoms with van der Waals surface area (Å²) in [5.41, 5.74) is -0.338. The minimum atomic E-state index is -4.39. The molecular formula is C12H14F3NO. The maximum atomic E-state index is 12.9. The van der Waals surface area contributed by atoms with E-state index in [0.29, 0.717) is 5.69 Å². The average molecular weight is 245 g/mol. The lowest BCUT2D eigenvalue weighted by Gasteiger charge is -2.18. The Bertz CT molecular complexity index is 411. The van der Waals surface area contributed by atoms with Crippen molar-refractivity contribution in [3.05, 3.63) is 23.5 Å². The van der Waals surface area contributed by atoms with Crippen LogP contribution in [-0.2, 0) is 6.18 Å². The molecule has 2 rings (SSSR count). The number of nitrogens with zero attached hydrogens (tertiary/aromatic N) is 1. The fourth-order valence-corrected chi connectivity index (χ4v) is 1.58. The molecule has 17 heavy (non-hydrogen) atoms. The Balaban J connectivity index is 2.45. The lowest BCUT2D eigenvalue weighted by atomic mass is 10.1. The number of halogens is 3. The number of ether oxygens (including phenoxy) is 1. The number of rotatable bonds is 3. The zero-order valence-electron chi connectivity index (χ0n) is 9.71. The summed E-state index contributed by atoms with van der Waals surface area (Å²) in [7, 11) is 0. The van der Waals surface area contributed by atoms with E-state index >= 15 is 0 Å². The molecule has 0 amide bonds. The van der Waals surface area contributed by atoms with Gasteiger partial charge in [-0.05, 0) is 24.8 Å². The Morgan fingerprint density at radius 2 is 2.00 bits per heavy atom. The molecule has 0 unspecified atom stereocenters. The van der Waals surface area contributed by atoms with Gasteiger partial charge in [-0.3, -0.25) is 4.98 Å². The molecule has 0 atom stereocenters. The lowest BCUT2D eigenvalue weighted by Crippen LogP contribution is -2.13. The molecule has 1 fully saturated rings. The first-order valence-corrected chi connectivity index (χ1v) is 5.62. The van der Waals surface area contributed by atoms with Crippen LogP contribution < -0.4 is 4.74 Å². The second-order valence-electron chi connectivity index (χ2n) is 4.54. The second-order valence-corrected chi connectivity index (χ2v) is 4.54. The topological polar surface area (TPSA) is 22.1 Å². The molecule has 0 bridgehead atoms. The summed E-state index contributed by atoms with van der Waals surface area (Å²) in [5, 5.41) is 0. The Labute approximate surface area is 97.8 Å². The lowest BCUT2D eigenvalue weighted by molar-refractivity contribution is -0.139. The van der Waals surface area contributed by atoms with Crippen molar-refractivity contribution in [2.45, 2.75) is 44.9 Å². The quantitative estimate of drug-likeness (QED) is 0.808. The van der Waals surface area contributed by atoms with Crippen molar-refractivity contribution >= 4 is 0 Å². The predicted molar refractivity (Wildman–Crippen MR) is 57.0 cm³/mol. The number of alkyl halides is 3. The van der Waals surface area contributed by atoms with E-state index in [9.17, 15) is 13.2 Å². The zero-order valence-corrected chi connectivity index (χ0v) is 9.71. The SMILES string of the molecule is CC(C)c1nccc(C(F)(F)F)c1OC1CC1. The van der Waals surface area contributed by atoms with Gasteiger partial charge in [0, 0.05) is 6.20 Å². The number of aromatic nitrogens is 1. The number of hydrogen-bond donors (Lipinski definition) is 0. The minimum Gasteiger partial charge on any atom is -0.488 e. The van der Waals surface area contributed by atoms with E-state index in [1.807, 2.05) is 13.8 Å². The van der Waals surface area contributed by atoms with Crippen LogP contribution in [-0.4, -0.2) is 11.1 Å². The third-order valence-corrected chi connectivity index (χ3v) is 2.59. The Kier molecular flexibility index (Phi) is 3.02. The third kappa shape index (κ3) is 2.70. The van der Waals surface area contributed by atoms with E-state index in [0.717, 1.165) is 18.9 Å². The van der Waals surface area contributed by atoms with Gasteiger partial charge in [-0.1, -0.05) is 13.8 Å². The summed E-state index contributed by atoms with van der Waals surface area (Å²) in [6.07, 6.45) is -1.62. The molecule has 1 aromatic heterocycles. The Hall–Kier alpha value is -1.26. The van der Waals surface area contributed by atoms with Crippen molar-refractivity contribution in [3.63, 3.8) is 0 Å². The maximum absolute atomic E-state index is 12.9. The molecule has 0 spiro atoms. The largest absolute Gasteiger partial charge is 0.488 e. The van der Waals surface area contributed by atoms with Gasteiger partial charge in [-0.25, -0.2) is 0 Å². The number of pyridine rings is 1. The summed E-state index contributed by atoms with van der Waals surface area (Å²) in [6.45, 7) is 3.62. The van der Waals surface area contributed by atoms with Crippen molar-refractivity contribution in [2.75, 3.05) is 0 Å². The normalized spacial score (nSPS) is 16.4. The molecule has 0 radical (unpaired) electrons. The molecule has 0 N–H and O–H groups in total. The summed E-state index contributed by atoms with van der Waals surface area (Å²) < 4.78 is 44.0. The molecule has 0 aromatic carbocycles. The molecule has 0 saturated heterocycles. The standard InChI is InChI=1S/C12H14F3NO/c1-7(2)10-11(17-8-3-4-8)9(5-6-16-10)12(13,14)15/h5-8H,3-4H2,1-2H3. The Morgan fingerprint density at radius 1 is 1.35 bits per heavy atom. The molecule has 1 aliphatic carbocycles. The fraction of sp³-hybridized carbons (Fsp3) is 0.583. The van der Waals surface area contributed by atoms with Gasteiger partial charge >= 0.3 is 6.18 Å². The molecule has 1 saturated carbocycles. The first-order valence-electron chi connectivity index (χ1n) is 5.62. The van der Waals surface area contributed by atoms with Gasteiger partial charge in [0.05, 0.1) is 11.8 Å². The van der Waals surface area contributed by atoms with Crippen LogP contribution in [0.5, 0.6) is 5.75 Å². The second kappa shape index (κ2) is 4.20. The van der Waals surface area contributed by atoms with Crippen LogP contribution in [0.2, 0.25) is 0 Å². The van der Waals surface area contributed by atoms with Gasteiger partial charge in [0.25, 0.3) is 0 Å². The minimum absolute atomic E-state index is 0.0715.